The van der Waals surface area contributed by atoms with Crippen LogP contribution in [0.25, 0.3) is 0 Å². The molecule has 168 valence electrons. The monoisotopic (exact) mass is 538 g/mol. The molecule has 0 radical (unpaired) electrons. The van der Waals surface area contributed by atoms with Crippen LogP contribution >= 0.6 is 22.6 Å². The van der Waals surface area contributed by atoms with Crippen LogP contribution < -0.4 is 20.3 Å². The van der Waals surface area contributed by atoms with E-state index < -0.39 is 11.8 Å². The quantitative estimate of drug-likeness (QED) is 0.426. The molecule has 2 rings (SSSR count). The van der Waals surface area contributed by atoms with E-state index in [1.807, 2.05) is 12.1 Å². The van der Waals surface area contributed by atoms with Crippen LogP contribution in [0.2, 0.25) is 0 Å². The molecule has 7 heteroatoms. The SMILES string of the molecule is COc1ccc(C(=O)NNC(=O)COc2ccc(C(C)(C)C)cc2C(C)(C)C)cc1I. The summed E-state index contributed by atoms with van der Waals surface area (Å²) in [5.41, 5.74) is 7.33. The van der Waals surface area contributed by atoms with Gasteiger partial charge in [-0.1, -0.05) is 53.7 Å². The topological polar surface area (TPSA) is 76.7 Å². The molecule has 0 bridgehead atoms. The summed E-state index contributed by atoms with van der Waals surface area (Å²) >= 11 is 2.08. The van der Waals surface area contributed by atoms with Gasteiger partial charge < -0.3 is 9.47 Å². The molecule has 2 aromatic rings. The normalized spacial score (nSPS) is 11.6. The van der Waals surface area contributed by atoms with Crippen molar-refractivity contribution in [3.63, 3.8) is 0 Å². The van der Waals surface area contributed by atoms with Gasteiger partial charge in [0.05, 0.1) is 10.7 Å². The zero-order chi connectivity index (χ0) is 23.4. The summed E-state index contributed by atoms with van der Waals surface area (Å²) in [6.45, 7) is 12.6. The number of benzene rings is 2. The number of nitrogens with one attached hydrogen (secondary N) is 2. The number of halogens is 1. The van der Waals surface area contributed by atoms with Gasteiger partial charge in [-0.25, -0.2) is 0 Å². The molecule has 0 atom stereocenters. The first-order valence-electron chi connectivity index (χ1n) is 10.0. The van der Waals surface area contributed by atoms with Crippen LogP contribution in [0.1, 0.15) is 63.0 Å². The Hall–Kier alpha value is -2.29. The van der Waals surface area contributed by atoms with E-state index in [4.69, 9.17) is 9.47 Å². The lowest BCUT2D eigenvalue weighted by molar-refractivity contribution is -0.123. The molecule has 0 fully saturated rings. The molecule has 0 heterocycles. The van der Waals surface area contributed by atoms with Gasteiger partial charge in [0.2, 0.25) is 0 Å². The lowest BCUT2D eigenvalue weighted by atomic mass is 9.80. The molecule has 2 aromatic carbocycles. The Labute approximate surface area is 198 Å². The minimum Gasteiger partial charge on any atom is -0.496 e. The van der Waals surface area contributed by atoms with Gasteiger partial charge in [-0.05, 0) is 68.8 Å². The van der Waals surface area contributed by atoms with Crippen molar-refractivity contribution in [2.45, 2.75) is 52.4 Å². The largest absolute Gasteiger partial charge is 0.496 e. The van der Waals surface area contributed by atoms with Crippen LogP contribution in [0.5, 0.6) is 11.5 Å². The van der Waals surface area contributed by atoms with Crippen LogP contribution in [-0.4, -0.2) is 25.5 Å². The van der Waals surface area contributed by atoms with Gasteiger partial charge in [0.1, 0.15) is 11.5 Å². The average Bonchev–Trinajstić information content (AvgIpc) is 2.68. The third-order valence-corrected chi connectivity index (χ3v) is 5.58. The number of amides is 2. The van der Waals surface area contributed by atoms with E-state index in [1.54, 1.807) is 25.3 Å². The fourth-order valence-corrected chi connectivity index (χ4v) is 3.63. The van der Waals surface area contributed by atoms with Crippen LogP contribution in [0.3, 0.4) is 0 Å². The second-order valence-electron chi connectivity index (χ2n) is 9.35. The van der Waals surface area contributed by atoms with Crippen molar-refractivity contribution in [2.75, 3.05) is 13.7 Å². The molecule has 0 saturated heterocycles. The molecule has 6 nitrogen and oxygen atoms in total. The Kier molecular flexibility index (Phi) is 7.97. The number of ether oxygens (including phenoxy) is 2. The van der Waals surface area contributed by atoms with Crippen molar-refractivity contribution in [1.29, 1.82) is 0 Å². The highest BCUT2D eigenvalue weighted by Crippen LogP contribution is 2.35. The molecule has 31 heavy (non-hydrogen) atoms. The molecule has 0 spiro atoms. The van der Waals surface area contributed by atoms with Crippen molar-refractivity contribution in [3.8, 4) is 11.5 Å². The number of carbonyl (C=O) groups is 2. The highest BCUT2D eigenvalue weighted by atomic mass is 127. The second kappa shape index (κ2) is 9.89. The van der Waals surface area contributed by atoms with Crippen molar-refractivity contribution in [3.05, 3.63) is 56.7 Å². The van der Waals surface area contributed by atoms with Crippen molar-refractivity contribution < 1.29 is 19.1 Å². The zero-order valence-electron chi connectivity index (χ0n) is 19.2. The Bertz CT molecular complexity index is 959. The van der Waals surface area contributed by atoms with Crippen LogP contribution in [0.15, 0.2) is 36.4 Å². The summed E-state index contributed by atoms with van der Waals surface area (Å²) in [6, 6.07) is 11.1. The summed E-state index contributed by atoms with van der Waals surface area (Å²) in [7, 11) is 1.57. The second-order valence-corrected chi connectivity index (χ2v) is 10.5. The van der Waals surface area contributed by atoms with Crippen LogP contribution in [0, 0.1) is 3.57 Å². The summed E-state index contributed by atoms with van der Waals surface area (Å²) < 4.78 is 11.8. The molecule has 0 unspecified atom stereocenters. The maximum Gasteiger partial charge on any atom is 0.276 e. The van der Waals surface area contributed by atoms with Gasteiger partial charge in [0.25, 0.3) is 11.8 Å². The molecule has 0 aromatic heterocycles. The van der Waals surface area contributed by atoms with Gasteiger partial charge in [0.15, 0.2) is 6.61 Å². The minimum atomic E-state index is -0.448. The van der Waals surface area contributed by atoms with E-state index in [-0.39, 0.29) is 17.4 Å². The van der Waals surface area contributed by atoms with E-state index in [2.05, 4.69) is 81.1 Å². The molecule has 0 saturated carbocycles. The molecule has 2 N–H and O–H groups in total. The Morgan fingerprint density at radius 2 is 1.55 bits per heavy atom. The third-order valence-electron chi connectivity index (χ3n) is 4.74. The molecule has 0 aliphatic heterocycles. The van der Waals surface area contributed by atoms with Gasteiger partial charge in [-0.2, -0.15) is 0 Å². The first-order chi connectivity index (χ1) is 14.3. The maximum atomic E-state index is 12.3. The number of hydrogen-bond donors (Lipinski definition) is 2. The molecular formula is C24H31IN2O4. The molecule has 0 aliphatic carbocycles. The van der Waals surface area contributed by atoms with Crippen molar-refractivity contribution in [1.82, 2.24) is 10.9 Å². The number of methoxy groups -OCH3 is 1. The molecule has 0 aliphatic rings. The lowest BCUT2D eigenvalue weighted by Crippen LogP contribution is -2.43. The first-order valence-corrected chi connectivity index (χ1v) is 11.1. The highest BCUT2D eigenvalue weighted by Gasteiger charge is 2.23. The van der Waals surface area contributed by atoms with E-state index in [0.29, 0.717) is 17.1 Å². The van der Waals surface area contributed by atoms with E-state index in [1.165, 1.54) is 5.56 Å². The standard InChI is InChI=1S/C24H31IN2O4/c1-23(2,3)16-9-11-19(17(13-16)24(4,5)6)31-14-21(28)26-27-22(29)15-8-10-20(30-7)18(25)12-15/h8-13H,14H2,1-7H3,(H,26,28)(H,27,29). The summed E-state index contributed by atoms with van der Waals surface area (Å²) in [4.78, 5) is 24.5. The van der Waals surface area contributed by atoms with Gasteiger partial charge in [-0.3, -0.25) is 20.4 Å². The number of rotatable bonds is 5. The zero-order valence-corrected chi connectivity index (χ0v) is 21.3. The number of carbonyl (C=O) groups excluding carboxylic acids is 2. The van der Waals surface area contributed by atoms with Gasteiger partial charge in [-0.15, -0.1) is 0 Å². The molecular weight excluding hydrogens is 507 g/mol. The maximum absolute atomic E-state index is 12.3. The smallest absolute Gasteiger partial charge is 0.276 e. The van der Waals surface area contributed by atoms with Crippen molar-refractivity contribution in [2.24, 2.45) is 0 Å². The van der Waals surface area contributed by atoms with Crippen LogP contribution in [-0.2, 0) is 15.6 Å². The summed E-state index contributed by atoms with van der Waals surface area (Å²) in [5, 5.41) is 0. The number of hydrazine groups is 1. The van der Waals surface area contributed by atoms with Gasteiger partial charge in [0, 0.05) is 5.56 Å². The van der Waals surface area contributed by atoms with Crippen molar-refractivity contribution >= 4 is 34.4 Å². The minimum absolute atomic E-state index is 0.0134. The Morgan fingerprint density at radius 1 is 0.903 bits per heavy atom. The van der Waals surface area contributed by atoms with Crippen LogP contribution in [0.4, 0.5) is 0 Å². The fraction of sp³-hybridized carbons (Fsp3) is 0.417. The summed E-state index contributed by atoms with van der Waals surface area (Å²) in [6.07, 6.45) is 0. The number of hydrogen-bond acceptors (Lipinski definition) is 4. The predicted octanol–water partition coefficient (Wildman–Crippen LogP) is 4.73. The van der Waals surface area contributed by atoms with E-state index in [9.17, 15) is 9.59 Å². The third kappa shape index (κ3) is 6.85. The predicted molar refractivity (Wildman–Crippen MR) is 131 cm³/mol. The van der Waals surface area contributed by atoms with E-state index >= 15 is 0 Å². The Morgan fingerprint density at radius 3 is 2.10 bits per heavy atom. The Balaban J connectivity index is 2.01. The lowest BCUT2D eigenvalue weighted by Gasteiger charge is -2.27. The fourth-order valence-electron chi connectivity index (χ4n) is 2.89. The average molecular weight is 538 g/mol. The summed E-state index contributed by atoms with van der Waals surface area (Å²) in [5.74, 6) is 0.476. The molecule has 2 amide bonds. The van der Waals surface area contributed by atoms with E-state index in [0.717, 1.165) is 9.13 Å². The first kappa shape index (κ1) is 25.0. The van der Waals surface area contributed by atoms with Gasteiger partial charge >= 0.3 is 0 Å². The highest BCUT2D eigenvalue weighted by molar-refractivity contribution is 14.1.